The molecule has 0 spiro atoms. The highest BCUT2D eigenvalue weighted by atomic mass is 19.4. The summed E-state index contributed by atoms with van der Waals surface area (Å²) in [6.45, 7) is 5.32. The lowest BCUT2D eigenvalue weighted by atomic mass is 9.83. The van der Waals surface area contributed by atoms with Crippen LogP contribution >= 0.6 is 0 Å². The van der Waals surface area contributed by atoms with E-state index in [1.165, 1.54) is 0 Å². The quantitative estimate of drug-likeness (QED) is 0.286. The van der Waals surface area contributed by atoms with Crippen molar-refractivity contribution in [1.82, 2.24) is 5.32 Å². The van der Waals surface area contributed by atoms with Crippen LogP contribution in [0, 0.1) is 11.8 Å². The minimum Gasteiger partial charge on any atom is -0.493 e. The van der Waals surface area contributed by atoms with Gasteiger partial charge in [-0.3, -0.25) is 4.79 Å². The molecule has 11 heteroatoms. The molecule has 4 atom stereocenters. The fourth-order valence-electron chi connectivity index (χ4n) is 3.60. The number of carbonyl (C=O) groups excluding carboxylic acids is 1. The summed E-state index contributed by atoms with van der Waals surface area (Å²) in [5.41, 5.74) is 4.16. The molecule has 0 fully saturated rings. The van der Waals surface area contributed by atoms with Crippen molar-refractivity contribution in [2.75, 3.05) is 41.1 Å². The van der Waals surface area contributed by atoms with Gasteiger partial charge in [0.05, 0.1) is 19.8 Å². The molecular formula is C25H41F3N2O6. The minimum atomic E-state index is -4.91. The van der Waals surface area contributed by atoms with Gasteiger partial charge in [-0.05, 0) is 49.3 Å². The maximum atomic E-state index is 13.2. The lowest BCUT2D eigenvalue weighted by Gasteiger charge is -2.31. The summed E-state index contributed by atoms with van der Waals surface area (Å²) in [4.78, 5) is 12.1. The molecule has 0 heterocycles. The second-order valence-electron chi connectivity index (χ2n) is 9.30. The van der Waals surface area contributed by atoms with E-state index < -0.39 is 36.4 Å². The van der Waals surface area contributed by atoms with Crippen molar-refractivity contribution in [3.63, 3.8) is 0 Å². The van der Waals surface area contributed by atoms with Crippen molar-refractivity contribution in [2.45, 2.75) is 64.0 Å². The first-order valence-corrected chi connectivity index (χ1v) is 11.9. The standard InChI is InChI=1S/C25H41F3N2O6/c1-16(2)18(12-17-8-9-21(34-5)22(13-17)36-11-7-10-33-4)14-19(29)20(31)15-30-23(32)24(3,35-6)25(26,27)28/h8-9,13,16,18-20,31H,7,10-12,14-15,29H2,1-6H3,(H,30,32)/t18?,19?,20?,24-/m0/s1. The van der Waals surface area contributed by atoms with Crippen LogP contribution < -0.4 is 20.5 Å². The normalized spacial score (nSPS) is 16.2. The number of nitrogens with one attached hydrogen (secondary N) is 1. The van der Waals surface area contributed by atoms with Crippen molar-refractivity contribution in [1.29, 1.82) is 0 Å². The lowest BCUT2D eigenvalue weighted by molar-refractivity contribution is -0.253. The van der Waals surface area contributed by atoms with E-state index in [0.717, 1.165) is 19.1 Å². The third-order valence-electron chi connectivity index (χ3n) is 6.34. The average molecular weight is 523 g/mol. The Bertz CT molecular complexity index is 808. The number of rotatable bonds is 16. The molecule has 0 aliphatic rings. The van der Waals surface area contributed by atoms with Gasteiger partial charge in [0, 0.05) is 39.8 Å². The number of amides is 1. The predicted octanol–water partition coefficient (Wildman–Crippen LogP) is 3.09. The number of halogens is 3. The number of hydrogen-bond acceptors (Lipinski definition) is 7. The Balaban J connectivity index is 2.81. The molecule has 0 bridgehead atoms. The van der Waals surface area contributed by atoms with E-state index in [-0.39, 0.29) is 11.8 Å². The number of aliphatic hydroxyl groups excluding tert-OH is 1. The number of hydrogen-bond donors (Lipinski definition) is 3. The van der Waals surface area contributed by atoms with Crippen molar-refractivity contribution < 1.29 is 42.0 Å². The molecule has 0 aliphatic carbocycles. The fourth-order valence-corrected chi connectivity index (χ4v) is 3.60. The number of aliphatic hydroxyl groups is 1. The molecule has 3 unspecified atom stereocenters. The van der Waals surface area contributed by atoms with E-state index in [1.54, 1.807) is 14.2 Å². The zero-order valence-corrected chi connectivity index (χ0v) is 22.0. The summed E-state index contributed by atoms with van der Waals surface area (Å²) >= 11 is 0. The van der Waals surface area contributed by atoms with Crippen LogP contribution in [0.25, 0.3) is 0 Å². The third-order valence-corrected chi connectivity index (χ3v) is 6.34. The fraction of sp³-hybridized carbons (Fsp3) is 0.720. The zero-order chi connectivity index (χ0) is 27.5. The van der Waals surface area contributed by atoms with Gasteiger partial charge in [-0.15, -0.1) is 0 Å². The molecule has 0 saturated heterocycles. The predicted molar refractivity (Wildman–Crippen MR) is 130 cm³/mol. The Hall–Kier alpha value is -2.08. The summed E-state index contributed by atoms with van der Waals surface area (Å²) in [5.74, 6) is 0.0986. The molecule has 4 N–H and O–H groups in total. The van der Waals surface area contributed by atoms with Gasteiger partial charge in [-0.2, -0.15) is 13.2 Å². The highest BCUT2D eigenvalue weighted by Gasteiger charge is 2.57. The van der Waals surface area contributed by atoms with Crippen molar-refractivity contribution in [3.8, 4) is 11.5 Å². The molecule has 0 aliphatic heterocycles. The number of benzene rings is 1. The Morgan fingerprint density at radius 1 is 1.14 bits per heavy atom. The van der Waals surface area contributed by atoms with Crippen LogP contribution in [-0.2, 0) is 20.7 Å². The monoisotopic (exact) mass is 522 g/mol. The Morgan fingerprint density at radius 2 is 1.81 bits per heavy atom. The molecule has 0 aromatic heterocycles. The van der Waals surface area contributed by atoms with E-state index >= 15 is 0 Å². The van der Waals surface area contributed by atoms with Crippen LogP contribution in [0.3, 0.4) is 0 Å². The second kappa shape index (κ2) is 14.6. The van der Waals surface area contributed by atoms with Crippen LogP contribution in [-0.4, -0.2) is 76.0 Å². The number of alkyl halides is 3. The summed E-state index contributed by atoms with van der Waals surface area (Å²) in [6.07, 6.45) is -4.38. The maximum Gasteiger partial charge on any atom is 0.426 e. The van der Waals surface area contributed by atoms with Gasteiger partial charge < -0.3 is 35.1 Å². The topological polar surface area (TPSA) is 112 Å². The number of ether oxygens (including phenoxy) is 4. The molecule has 0 radical (unpaired) electrons. The SMILES string of the molecule is COCCCOc1cc(CC(CC(N)C(O)CNC(=O)[C@](C)(OC)C(F)(F)F)C(C)C)ccc1OC. The van der Waals surface area contributed by atoms with Gasteiger partial charge in [0.25, 0.3) is 5.91 Å². The summed E-state index contributed by atoms with van der Waals surface area (Å²) in [6, 6.07) is 4.91. The summed E-state index contributed by atoms with van der Waals surface area (Å²) in [5, 5.41) is 12.6. The van der Waals surface area contributed by atoms with Gasteiger partial charge >= 0.3 is 6.18 Å². The minimum absolute atomic E-state index is 0.0551. The first kappa shape index (κ1) is 31.9. The first-order valence-electron chi connectivity index (χ1n) is 11.9. The molecular weight excluding hydrogens is 481 g/mol. The van der Waals surface area contributed by atoms with Crippen molar-refractivity contribution >= 4 is 5.91 Å². The van der Waals surface area contributed by atoms with Crippen LogP contribution in [0.5, 0.6) is 11.5 Å². The molecule has 1 rings (SSSR count). The van der Waals surface area contributed by atoms with Gasteiger partial charge in [0.2, 0.25) is 5.60 Å². The Kier molecular flexibility index (Phi) is 13.0. The van der Waals surface area contributed by atoms with Crippen molar-refractivity contribution in [3.05, 3.63) is 23.8 Å². The van der Waals surface area contributed by atoms with Gasteiger partial charge in [0.15, 0.2) is 11.5 Å². The van der Waals surface area contributed by atoms with Gasteiger partial charge in [-0.25, -0.2) is 0 Å². The Labute approximate surface area is 211 Å². The largest absolute Gasteiger partial charge is 0.493 e. The summed E-state index contributed by atoms with van der Waals surface area (Å²) < 4.78 is 60.2. The number of nitrogens with two attached hydrogens (primary N) is 1. The van der Waals surface area contributed by atoms with E-state index in [4.69, 9.17) is 19.9 Å². The lowest BCUT2D eigenvalue weighted by Crippen LogP contribution is -2.58. The van der Waals surface area contributed by atoms with E-state index in [2.05, 4.69) is 10.1 Å². The maximum absolute atomic E-state index is 13.2. The molecule has 1 aromatic carbocycles. The second-order valence-corrected chi connectivity index (χ2v) is 9.30. The van der Waals surface area contributed by atoms with E-state index in [1.807, 2.05) is 32.0 Å². The molecule has 1 amide bonds. The van der Waals surface area contributed by atoms with Gasteiger partial charge in [-0.1, -0.05) is 19.9 Å². The van der Waals surface area contributed by atoms with E-state index in [0.29, 0.717) is 44.5 Å². The van der Waals surface area contributed by atoms with Crippen LogP contribution in [0.1, 0.15) is 39.2 Å². The average Bonchev–Trinajstić information content (AvgIpc) is 2.83. The van der Waals surface area contributed by atoms with Crippen molar-refractivity contribution in [2.24, 2.45) is 17.6 Å². The summed E-state index contributed by atoms with van der Waals surface area (Å²) in [7, 11) is 4.00. The zero-order valence-electron chi connectivity index (χ0n) is 22.0. The molecule has 208 valence electrons. The molecule has 8 nitrogen and oxygen atoms in total. The third kappa shape index (κ3) is 9.10. The van der Waals surface area contributed by atoms with Gasteiger partial charge in [0.1, 0.15) is 0 Å². The van der Waals surface area contributed by atoms with E-state index in [9.17, 15) is 23.1 Å². The van der Waals surface area contributed by atoms with Crippen LogP contribution in [0.15, 0.2) is 18.2 Å². The molecule has 1 aromatic rings. The van der Waals surface area contributed by atoms with Crippen LogP contribution in [0.2, 0.25) is 0 Å². The molecule has 36 heavy (non-hydrogen) atoms. The number of methoxy groups -OCH3 is 3. The highest BCUT2D eigenvalue weighted by Crippen LogP contribution is 2.33. The smallest absolute Gasteiger partial charge is 0.426 e. The highest BCUT2D eigenvalue weighted by molar-refractivity contribution is 5.85. The molecule has 0 saturated carbocycles. The number of carbonyl (C=O) groups is 1. The Morgan fingerprint density at radius 3 is 2.33 bits per heavy atom. The first-order chi connectivity index (χ1) is 16.8. The van der Waals surface area contributed by atoms with Crippen LogP contribution in [0.4, 0.5) is 13.2 Å².